The van der Waals surface area contributed by atoms with Crippen molar-refractivity contribution in [3.63, 3.8) is 0 Å². The van der Waals surface area contributed by atoms with E-state index >= 15 is 0 Å². The van der Waals surface area contributed by atoms with Gasteiger partial charge in [0.2, 0.25) is 0 Å². The van der Waals surface area contributed by atoms with Gasteiger partial charge in [0.25, 0.3) is 0 Å². The molecule has 27 heavy (non-hydrogen) atoms. The van der Waals surface area contributed by atoms with Crippen LogP contribution in [0.1, 0.15) is 37.8 Å². The number of carbonyl (C=O) groups excluding carboxylic acids is 1. The Balaban J connectivity index is 1.77. The van der Waals surface area contributed by atoms with Gasteiger partial charge in [0.05, 0.1) is 12.7 Å². The summed E-state index contributed by atoms with van der Waals surface area (Å²) < 4.78 is 11.3. The number of hydrogen-bond acceptors (Lipinski definition) is 4. The van der Waals surface area contributed by atoms with Crippen molar-refractivity contribution in [1.82, 2.24) is 15.1 Å². The summed E-state index contributed by atoms with van der Waals surface area (Å²) in [5, 5.41) is 3.03. The fourth-order valence-corrected chi connectivity index (χ4v) is 3.37. The zero-order valence-corrected chi connectivity index (χ0v) is 17.2. The van der Waals surface area contributed by atoms with Gasteiger partial charge in [-0.15, -0.1) is 0 Å². The first-order valence-corrected chi connectivity index (χ1v) is 9.96. The number of amides is 2. The van der Waals surface area contributed by atoms with Crippen molar-refractivity contribution in [3.8, 4) is 0 Å². The van der Waals surface area contributed by atoms with Gasteiger partial charge in [0.1, 0.15) is 0 Å². The van der Waals surface area contributed by atoms with Crippen LogP contribution in [-0.4, -0.2) is 68.4 Å². The van der Waals surface area contributed by atoms with E-state index in [1.165, 1.54) is 0 Å². The van der Waals surface area contributed by atoms with E-state index in [0.717, 1.165) is 43.7 Å². The number of ether oxygens (including phenoxy) is 2. The van der Waals surface area contributed by atoms with Crippen LogP contribution in [0.3, 0.4) is 0 Å². The number of likely N-dealkylation sites (N-methyl/N-ethyl adjacent to an activating group) is 2. The molecule has 1 heterocycles. The molecule has 1 aromatic rings. The van der Waals surface area contributed by atoms with Gasteiger partial charge in [-0.05, 0) is 51.9 Å². The van der Waals surface area contributed by atoms with Crippen LogP contribution in [0.15, 0.2) is 24.3 Å². The molecule has 0 radical (unpaired) electrons. The first-order chi connectivity index (χ1) is 13.0. The molecule has 1 N–H and O–H groups in total. The standard InChI is InChI=1S/C21H35N3O3/c1-5-24(17(2)15-23(3)4)21(25)22-14-18-6-8-19(9-7-18)16-27-20-10-12-26-13-11-20/h6-9,17,20H,5,10-16H2,1-4H3,(H,22,25)/t17-/m0/s1. The lowest BCUT2D eigenvalue weighted by Gasteiger charge is -2.30. The minimum atomic E-state index is -0.0150. The normalized spacial score (nSPS) is 16.3. The summed E-state index contributed by atoms with van der Waals surface area (Å²) in [6.07, 6.45) is 2.26. The van der Waals surface area contributed by atoms with Gasteiger partial charge in [-0.25, -0.2) is 4.79 Å². The Bertz CT molecular complexity index is 556. The smallest absolute Gasteiger partial charge is 0.317 e. The van der Waals surface area contributed by atoms with E-state index in [-0.39, 0.29) is 12.1 Å². The Morgan fingerprint density at radius 2 is 1.85 bits per heavy atom. The predicted octanol–water partition coefficient (Wildman–Crippen LogP) is 2.86. The number of carbonyl (C=O) groups is 1. The molecule has 0 aromatic heterocycles. The molecule has 1 aliphatic heterocycles. The number of urea groups is 1. The summed E-state index contributed by atoms with van der Waals surface area (Å²) in [7, 11) is 4.05. The SMILES string of the molecule is CCN(C(=O)NCc1ccc(COC2CCOCC2)cc1)[C@@H](C)CN(C)C. The predicted molar refractivity (Wildman–Crippen MR) is 108 cm³/mol. The van der Waals surface area contributed by atoms with Crippen molar-refractivity contribution in [1.29, 1.82) is 0 Å². The van der Waals surface area contributed by atoms with E-state index in [1.54, 1.807) is 0 Å². The van der Waals surface area contributed by atoms with Gasteiger partial charge < -0.3 is 24.6 Å². The number of hydrogen-bond donors (Lipinski definition) is 1. The fraction of sp³-hybridized carbons (Fsp3) is 0.667. The van der Waals surface area contributed by atoms with E-state index < -0.39 is 0 Å². The Kier molecular flexibility index (Phi) is 9.04. The quantitative estimate of drug-likeness (QED) is 0.719. The number of rotatable bonds is 9. The molecule has 1 atom stereocenters. The molecule has 1 aliphatic rings. The molecule has 0 unspecified atom stereocenters. The second-order valence-corrected chi connectivity index (χ2v) is 7.50. The maximum absolute atomic E-state index is 12.5. The maximum atomic E-state index is 12.5. The molecule has 152 valence electrons. The number of benzene rings is 1. The first-order valence-electron chi connectivity index (χ1n) is 9.96. The van der Waals surface area contributed by atoms with Crippen LogP contribution in [-0.2, 0) is 22.6 Å². The van der Waals surface area contributed by atoms with Gasteiger partial charge >= 0.3 is 6.03 Å². The minimum absolute atomic E-state index is 0.0150. The van der Waals surface area contributed by atoms with E-state index in [4.69, 9.17) is 9.47 Å². The van der Waals surface area contributed by atoms with Crippen LogP contribution in [0, 0.1) is 0 Å². The van der Waals surface area contributed by atoms with Crippen LogP contribution < -0.4 is 5.32 Å². The highest BCUT2D eigenvalue weighted by Gasteiger charge is 2.18. The monoisotopic (exact) mass is 377 g/mol. The second-order valence-electron chi connectivity index (χ2n) is 7.50. The largest absolute Gasteiger partial charge is 0.381 e. The summed E-state index contributed by atoms with van der Waals surface area (Å²) in [5.41, 5.74) is 2.25. The van der Waals surface area contributed by atoms with Gasteiger partial charge in [0, 0.05) is 38.9 Å². The fourth-order valence-electron chi connectivity index (χ4n) is 3.37. The summed E-state index contributed by atoms with van der Waals surface area (Å²) in [6.45, 7) is 8.40. The third-order valence-electron chi connectivity index (χ3n) is 4.88. The molecule has 2 rings (SSSR count). The highest BCUT2D eigenvalue weighted by Crippen LogP contribution is 2.14. The third kappa shape index (κ3) is 7.48. The van der Waals surface area contributed by atoms with Crippen molar-refractivity contribution in [2.24, 2.45) is 0 Å². The Morgan fingerprint density at radius 1 is 1.22 bits per heavy atom. The third-order valence-corrected chi connectivity index (χ3v) is 4.88. The molecule has 2 amide bonds. The Labute approximate surface area is 163 Å². The second kappa shape index (κ2) is 11.3. The molecule has 6 nitrogen and oxygen atoms in total. The van der Waals surface area contributed by atoms with Crippen molar-refractivity contribution in [2.45, 2.75) is 52.0 Å². The van der Waals surface area contributed by atoms with Crippen molar-refractivity contribution in [2.75, 3.05) is 40.4 Å². The van der Waals surface area contributed by atoms with Gasteiger partial charge in [0.15, 0.2) is 0 Å². The average Bonchev–Trinajstić information content (AvgIpc) is 2.66. The number of nitrogens with zero attached hydrogens (tertiary/aromatic N) is 2. The molecular weight excluding hydrogens is 342 g/mol. The Hall–Kier alpha value is -1.63. The molecule has 0 saturated carbocycles. The average molecular weight is 378 g/mol. The lowest BCUT2D eigenvalue weighted by molar-refractivity contribution is -0.0390. The summed E-state index contributed by atoms with van der Waals surface area (Å²) in [5.74, 6) is 0. The van der Waals surface area contributed by atoms with Crippen LogP contribution in [0.4, 0.5) is 4.79 Å². The molecular formula is C21H35N3O3. The van der Waals surface area contributed by atoms with E-state index in [1.807, 2.05) is 25.9 Å². The van der Waals surface area contributed by atoms with Crippen molar-refractivity contribution >= 4 is 6.03 Å². The maximum Gasteiger partial charge on any atom is 0.317 e. The topological polar surface area (TPSA) is 54.0 Å². The zero-order valence-electron chi connectivity index (χ0n) is 17.2. The van der Waals surface area contributed by atoms with E-state index in [2.05, 4.69) is 41.4 Å². The lowest BCUT2D eigenvalue weighted by atomic mass is 10.1. The van der Waals surface area contributed by atoms with Gasteiger partial charge in [-0.2, -0.15) is 0 Å². The highest BCUT2D eigenvalue weighted by atomic mass is 16.5. The summed E-state index contributed by atoms with van der Waals surface area (Å²) in [6, 6.07) is 8.43. The van der Waals surface area contributed by atoms with Gasteiger partial charge in [-0.3, -0.25) is 0 Å². The van der Waals surface area contributed by atoms with Crippen LogP contribution in [0.5, 0.6) is 0 Å². The molecule has 1 aromatic carbocycles. The van der Waals surface area contributed by atoms with Crippen molar-refractivity contribution < 1.29 is 14.3 Å². The molecule has 0 aliphatic carbocycles. The van der Waals surface area contributed by atoms with Crippen molar-refractivity contribution in [3.05, 3.63) is 35.4 Å². The zero-order chi connectivity index (χ0) is 19.6. The summed E-state index contributed by atoms with van der Waals surface area (Å²) in [4.78, 5) is 16.5. The summed E-state index contributed by atoms with van der Waals surface area (Å²) >= 11 is 0. The molecule has 0 bridgehead atoms. The number of nitrogens with one attached hydrogen (secondary N) is 1. The van der Waals surface area contributed by atoms with Crippen LogP contribution >= 0.6 is 0 Å². The molecule has 6 heteroatoms. The lowest BCUT2D eigenvalue weighted by Crippen LogP contribution is -2.48. The Morgan fingerprint density at radius 3 is 2.44 bits per heavy atom. The molecule has 0 spiro atoms. The first kappa shape index (κ1) is 21.7. The molecule has 1 fully saturated rings. The van der Waals surface area contributed by atoms with Crippen LogP contribution in [0.2, 0.25) is 0 Å². The van der Waals surface area contributed by atoms with Gasteiger partial charge in [-0.1, -0.05) is 24.3 Å². The highest BCUT2D eigenvalue weighted by molar-refractivity contribution is 5.74. The van der Waals surface area contributed by atoms with Crippen LogP contribution in [0.25, 0.3) is 0 Å². The minimum Gasteiger partial charge on any atom is -0.381 e. The molecule has 1 saturated heterocycles. The van der Waals surface area contributed by atoms with E-state index in [9.17, 15) is 4.79 Å². The van der Waals surface area contributed by atoms with E-state index in [0.29, 0.717) is 25.8 Å².